The molecule has 95 heavy (non-hydrogen) atoms. The summed E-state index contributed by atoms with van der Waals surface area (Å²) in [7, 11) is -3.81. The highest BCUT2D eigenvalue weighted by Crippen LogP contribution is 2.34. The number of nitrogens with one attached hydrogen (secondary N) is 1. The number of benzene rings is 2. The molecule has 1 N–H and O–H groups in total. The first-order chi connectivity index (χ1) is 45.4. The van der Waals surface area contributed by atoms with Crippen LogP contribution in [0.15, 0.2) is 146 Å². The number of hydrogen-bond donors (Lipinski definition) is 1. The van der Waals surface area contributed by atoms with Gasteiger partial charge in [-0.1, -0.05) is 39.0 Å². The van der Waals surface area contributed by atoms with Gasteiger partial charge in [0, 0.05) is 103 Å². The Hall–Kier alpha value is -9.12. The normalized spacial score (nSPS) is 15.2. The van der Waals surface area contributed by atoms with Gasteiger partial charge in [0.05, 0.1) is 47.2 Å². The number of halogens is 2. The van der Waals surface area contributed by atoms with Gasteiger partial charge in [-0.05, 0) is 169 Å². The number of aryl methyl sites for hydroxylation is 3. The number of pyridine rings is 3. The largest absolute Gasteiger partial charge is 0.373 e. The van der Waals surface area contributed by atoms with Crippen LogP contribution in [0.1, 0.15) is 73.8 Å². The maximum Gasteiger partial charge on any atom is 0.231 e. The average Bonchev–Trinajstić information content (AvgIpc) is 1.66. The van der Waals surface area contributed by atoms with Gasteiger partial charge < -0.3 is 5.32 Å². The van der Waals surface area contributed by atoms with Crippen molar-refractivity contribution in [3.05, 3.63) is 192 Å². The smallest absolute Gasteiger partial charge is 0.231 e. The van der Waals surface area contributed by atoms with Gasteiger partial charge >= 0.3 is 0 Å². The van der Waals surface area contributed by atoms with E-state index in [-0.39, 0.29) is 11.6 Å². The summed E-state index contributed by atoms with van der Waals surface area (Å²) in [5.74, 6) is 3.14. The molecule has 3 aliphatic heterocycles. The van der Waals surface area contributed by atoms with Gasteiger partial charge in [0.15, 0.2) is 0 Å². The molecule has 22 nitrogen and oxygen atoms in total. The summed E-state index contributed by atoms with van der Waals surface area (Å²) in [6.07, 6.45) is 23.6. The lowest BCUT2D eigenvalue weighted by molar-refractivity contribution is 0.445. The molecule has 11 heterocycles. The van der Waals surface area contributed by atoms with E-state index >= 15 is 0 Å². The van der Waals surface area contributed by atoms with Crippen LogP contribution in [-0.4, -0.2) is 165 Å². The van der Waals surface area contributed by atoms with Crippen LogP contribution in [-0.2, 0) is 49.3 Å². The third-order valence-electron chi connectivity index (χ3n) is 17.1. The first-order valence-electron chi connectivity index (χ1n) is 31.2. The van der Waals surface area contributed by atoms with Crippen molar-refractivity contribution in [2.45, 2.75) is 59.3 Å². The minimum Gasteiger partial charge on any atom is -0.373 e. The monoisotopic (exact) mass is 1350 g/mol. The van der Waals surface area contributed by atoms with Crippen LogP contribution in [0.2, 0.25) is 0 Å². The van der Waals surface area contributed by atoms with Crippen LogP contribution < -0.4 is 15.1 Å². The second kappa shape index (κ2) is 28.1. The third kappa shape index (κ3) is 14.9. The maximum absolute atomic E-state index is 13.4. The van der Waals surface area contributed by atoms with Gasteiger partial charge in [-0.3, -0.25) is 23.0 Å². The number of hydrogen-bond acceptors (Lipinski definition) is 16. The Morgan fingerprint density at radius 2 is 0.768 bits per heavy atom. The van der Waals surface area contributed by atoms with Gasteiger partial charge in [-0.25, -0.2) is 68.9 Å². The van der Waals surface area contributed by atoms with Crippen molar-refractivity contribution in [2.75, 3.05) is 94.3 Å². The Kier molecular flexibility index (Phi) is 19.9. The molecule has 8 aromatic heterocycles. The molecule has 0 atom stereocenters. The number of aromatic nitrogens is 10. The Bertz CT molecular complexity index is 4720. The Balaban J connectivity index is 0.000000149. The van der Waals surface area contributed by atoms with Crippen molar-refractivity contribution in [1.82, 2.24) is 61.0 Å². The Labute approximate surface area is 552 Å². The molecular formula is C68H76F2N16O6S3. The van der Waals surface area contributed by atoms with E-state index in [1.165, 1.54) is 61.5 Å². The zero-order valence-corrected chi connectivity index (χ0v) is 56.9. The Morgan fingerprint density at radius 1 is 0.442 bits per heavy atom. The van der Waals surface area contributed by atoms with E-state index in [9.17, 15) is 34.0 Å². The zero-order chi connectivity index (χ0) is 67.5. The fourth-order valence-electron chi connectivity index (χ4n) is 11.9. The maximum atomic E-state index is 13.4. The molecule has 0 bridgehead atoms. The van der Waals surface area contributed by atoms with Crippen molar-refractivity contribution in [2.24, 2.45) is 0 Å². The summed E-state index contributed by atoms with van der Waals surface area (Å²) < 4.78 is 108. The summed E-state index contributed by atoms with van der Waals surface area (Å²) in [5.41, 5.74) is 14.9. The van der Waals surface area contributed by atoms with E-state index in [1.54, 1.807) is 48.8 Å². The fraction of sp³-hybridized carbons (Fsp3) is 0.309. The molecule has 0 amide bonds. The van der Waals surface area contributed by atoms with E-state index in [0.717, 1.165) is 116 Å². The number of fused-ring (bicyclic) bond motifs is 3. The van der Waals surface area contributed by atoms with Crippen molar-refractivity contribution >= 4 is 93.1 Å². The lowest BCUT2D eigenvalue weighted by Crippen LogP contribution is -2.33. The van der Waals surface area contributed by atoms with Crippen LogP contribution in [0.4, 0.5) is 38.1 Å². The van der Waals surface area contributed by atoms with Gasteiger partial charge in [0.1, 0.15) is 46.0 Å². The zero-order valence-electron chi connectivity index (χ0n) is 54.5. The Morgan fingerprint density at radius 3 is 1.08 bits per heavy atom. The molecule has 496 valence electrons. The molecule has 13 rings (SSSR count). The van der Waals surface area contributed by atoms with Crippen LogP contribution in [0.25, 0.3) is 56.2 Å². The third-order valence-corrected chi connectivity index (χ3v) is 20.9. The molecule has 0 radical (unpaired) electrons. The predicted molar refractivity (Wildman–Crippen MR) is 371 cm³/mol. The lowest BCUT2D eigenvalue weighted by atomic mass is 10.0. The SMILES string of the molecule is CCc1nc2ccc(C3=CCN(S(C)(=O)=O)CC3)cn2c1N(C)c1nccc(-c2ccc(F)cc2)n1.CCc1nc2ccc(C3=CCN(S(C)(=O)=O)CC3)cn2c1N(C)c1nccc(-c2ccc(F)cc2)n1.CCc1nc2ccc(C3=CCN(S(C)(=O)=O)CC3)cn2c1NC. The summed E-state index contributed by atoms with van der Waals surface area (Å²) in [6.45, 7) is 8.83. The summed E-state index contributed by atoms with van der Waals surface area (Å²) in [5, 5.41) is 3.22. The fourth-order valence-corrected chi connectivity index (χ4v) is 14.2. The van der Waals surface area contributed by atoms with Gasteiger partial charge in [0.2, 0.25) is 42.0 Å². The number of rotatable bonds is 16. The lowest BCUT2D eigenvalue weighted by Gasteiger charge is -2.24. The van der Waals surface area contributed by atoms with E-state index in [1.807, 2.05) is 101 Å². The molecule has 10 aromatic rings. The summed E-state index contributed by atoms with van der Waals surface area (Å²) in [4.78, 5) is 36.5. The average molecular weight is 1350 g/mol. The second-order valence-corrected chi connectivity index (χ2v) is 29.3. The quantitative estimate of drug-likeness (QED) is 0.0947. The molecule has 0 fully saturated rings. The van der Waals surface area contributed by atoms with E-state index < -0.39 is 30.1 Å². The first kappa shape index (κ1) is 67.3. The highest BCUT2D eigenvalue weighted by Gasteiger charge is 2.26. The highest BCUT2D eigenvalue weighted by atomic mass is 32.2. The second-order valence-electron chi connectivity index (χ2n) is 23.3. The van der Waals surface area contributed by atoms with Gasteiger partial charge in [-0.2, -0.15) is 12.9 Å². The standard InChI is InChI=1S/2C26H27FN6O2S.C16H22N4O2S/c2*1-4-22-25(31(2)26-28-14-11-23(30-26)19-5-8-21(27)9-6-19)33-17-20(7-10-24(33)29-22)18-12-15-32(16-13-18)36(3,34)35;1-4-14-16(17-2)20-11-13(5-6-15(20)18-14)12-7-9-19(10-8-12)23(3,21)22/h2*5-12,14,17H,4,13,15-16H2,1-3H3;5-7,11,17H,4,8-10H2,1-3H3. The topological polar surface area (TPSA) is 234 Å². The molecule has 2 aromatic carbocycles. The highest BCUT2D eigenvalue weighted by molar-refractivity contribution is 7.88. The number of imidazole rings is 3. The van der Waals surface area contributed by atoms with Crippen LogP contribution >= 0.6 is 0 Å². The molecule has 0 unspecified atom stereocenters. The number of nitrogens with zero attached hydrogens (tertiary/aromatic N) is 15. The molecule has 0 aliphatic carbocycles. The van der Waals surface area contributed by atoms with E-state index in [4.69, 9.17) is 19.9 Å². The molecule has 0 saturated carbocycles. The molecule has 0 saturated heterocycles. The summed E-state index contributed by atoms with van der Waals surface area (Å²) >= 11 is 0. The molecule has 3 aliphatic rings. The van der Waals surface area contributed by atoms with Gasteiger partial charge in [-0.15, -0.1) is 0 Å². The predicted octanol–water partition coefficient (Wildman–Crippen LogP) is 10.6. The number of anilines is 5. The first-order valence-corrected chi connectivity index (χ1v) is 36.8. The molecular weight excluding hydrogens is 1270 g/mol. The van der Waals surface area contributed by atoms with Crippen molar-refractivity contribution < 1.29 is 34.0 Å². The van der Waals surface area contributed by atoms with Crippen molar-refractivity contribution in [3.63, 3.8) is 0 Å². The van der Waals surface area contributed by atoms with Crippen LogP contribution in [0, 0.1) is 11.6 Å². The van der Waals surface area contributed by atoms with E-state index in [2.05, 4.69) is 57.7 Å². The minimum absolute atomic E-state index is 0.295. The van der Waals surface area contributed by atoms with Crippen molar-refractivity contribution in [3.8, 4) is 22.5 Å². The van der Waals surface area contributed by atoms with Crippen LogP contribution in [0.3, 0.4) is 0 Å². The minimum atomic E-state index is -3.21. The molecule has 27 heteroatoms. The molecule has 0 spiro atoms. The number of sulfonamides is 3. The van der Waals surface area contributed by atoms with Gasteiger partial charge in [0.25, 0.3) is 0 Å². The van der Waals surface area contributed by atoms with E-state index in [0.29, 0.717) is 75.4 Å². The van der Waals surface area contributed by atoms with Crippen LogP contribution in [0.5, 0.6) is 0 Å². The van der Waals surface area contributed by atoms with Crippen molar-refractivity contribution in [1.29, 1.82) is 0 Å². The summed E-state index contributed by atoms with van der Waals surface area (Å²) in [6, 6.07) is 28.1.